The van der Waals surface area contributed by atoms with E-state index in [1.807, 2.05) is 5.48 Å². The lowest BCUT2D eigenvalue weighted by Crippen LogP contribution is -2.02. The van der Waals surface area contributed by atoms with Gasteiger partial charge in [-0.2, -0.15) is 8.42 Å². The average Bonchev–Trinajstić information content (AvgIpc) is 1.84. The molecule has 0 aromatic rings. The van der Waals surface area contributed by atoms with Crippen molar-refractivity contribution in [3.8, 4) is 0 Å². The lowest BCUT2D eigenvalue weighted by atomic mass is 11.1. The molecule has 0 atom stereocenters. The van der Waals surface area contributed by atoms with Gasteiger partial charge in [-0.1, -0.05) is 0 Å². The molecule has 1 aliphatic rings. The van der Waals surface area contributed by atoms with Crippen LogP contribution in [0.2, 0.25) is 0 Å². The third-order valence-corrected chi connectivity index (χ3v) is 1.26. The summed E-state index contributed by atoms with van der Waals surface area (Å²) < 4.78 is 24.1. The highest BCUT2D eigenvalue weighted by molar-refractivity contribution is 7.89. The highest BCUT2D eigenvalue weighted by Gasteiger charge is 2.08. The predicted octanol–water partition coefficient (Wildman–Crippen LogP) is -0.678. The highest BCUT2D eigenvalue weighted by atomic mass is 32.2. The van der Waals surface area contributed by atoms with E-state index in [0.29, 0.717) is 0 Å². The Hall–Kier alpha value is -0.550. The monoisotopic (exact) mass is 121 g/mol. The Balaban J connectivity index is 2.99. The molecular formula is C2H3NO3S. The van der Waals surface area contributed by atoms with Gasteiger partial charge < -0.3 is 0 Å². The van der Waals surface area contributed by atoms with E-state index in [-0.39, 0.29) is 0 Å². The molecule has 0 aromatic carbocycles. The molecule has 0 amide bonds. The largest absolute Gasteiger partial charge is 0.312 e. The number of rotatable bonds is 0. The third-order valence-electron chi connectivity index (χ3n) is 0.467. The van der Waals surface area contributed by atoms with Gasteiger partial charge in [0.05, 0.1) is 5.41 Å². The smallest absolute Gasteiger partial charge is 0.256 e. The van der Waals surface area contributed by atoms with Crippen molar-refractivity contribution in [2.45, 2.75) is 0 Å². The third kappa shape index (κ3) is 0.908. The van der Waals surface area contributed by atoms with Crippen molar-refractivity contribution in [2.24, 2.45) is 0 Å². The molecule has 0 unspecified atom stereocenters. The van der Waals surface area contributed by atoms with Gasteiger partial charge in [0, 0.05) is 6.20 Å². The topological polar surface area (TPSA) is 55.4 Å². The maximum absolute atomic E-state index is 10.1. The first-order valence-corrected chi connectivity index (χ1v) is 3.03. The van der Waals surface area contributed by atoms with E-state index < -0.39 is 10.1 Å². The minimum atomic E-state index is -3.34. The van der Waals surface area contributed by atoms with Gasteiger partial charge in [-0.3, -0.25) is 5.48 Å². The van der Waals surface area contributed by atoms with Gasteiger partial charge in [-0.15, -0.1) is 4.28 Å². The van der Waals surface area contributed by atoms with Gasteiger partial charge >= 0.3 is 10.1 Å². The fourth-order valence-corrected chi connectivity index (χ4v) is 0.701. The minimum absolute atomic E-state index is 0.938. The summed E-state index contributed by atoms with van der Waals surface area (Å²) in [5.74, 6) is 0. The zero-order chi connectivity index (χ0) is 5.33. The second kappa shape index (κ2) is 1.21. The van der Waals surface area contributed by atoms with E-state index in [4.69, 9.17) is 0 Å². The van der Waals surface area contributed by atoms with Crippen molar-refractivity contribution < 1.29 is 12.7 Å². The molecule has 0 aliphatic carbocycles. The summed E-state index contributed by atoms with van der Waals surface area (Å²) in [4.78, 5) is 0. The van der Waals surface area contributed by atoms with E-state index in [2.05, 4.69) is 4.28 Å². The molecule has 1 heterocycles. The lowest BCUT2D eigenvalue weighted by Gasteiger charge is -1.84. The lowest BCUT2D eigenvalue weighted by molar-refractivity contribution is 0.266. The van der Waals surface area contributed by atoms with E-state index in [1.165, 1.54) is 6.20 Å². The summed E-state index contributed by atoms with van der Waals surface area (Å²) in [6, 6.07) is 0. The van der Waals surface area contributed by atoms with Crippen molar-refractivity contribution in [1.29, 1.82) is 0 Å². The van der Waals surface area contributed by atoms with Gasteiger partial charge in [0.25, 0.3) is 0 Å². The molecule has 5 heteroatoms. The SMILES string of the molecule is O=S1(=O)C=CNO1. The number of hydrogen-bond donors (Lipinski definition) is 1. The van der Waals surface area contributed by atoms with Crippen LogP contribution in [-0.2, 0) is 14.4 Å². The molecule has 0 aromatic heterocycles. The van der Waals surface area contributed by atoms with Gasteiger partial charge in [0.15, 0.2) is 0 Å². The van der Waals surface area contributed by atoms with Crippen LogP contribution in [0, 0.1) is 0 Å². The predicted molar refractivity (Wildman–Crippen MR) is 22.3 cm³/mol. The Kier molecular flexibility index (Phi) is 0.795. The molecule has 0 bridgehead atoms. The Morgan fingerprint density at radius 1 is 1.57 bits per heavy atom. The Bertz CT molecular complexity index is 179. The van der Waals surface area contributed by atoms with Gasteiger partial charge in [0.1, 0.15) is 0 Å². The van der Waals surface area contributed by atoms with Crippen molar-refractivity contribution in [3.63, 3.8) is 0 Å². The molecule has 1 rings (SSSR count). The van der Waals surface area contributed by atoms with E-state index in [9.17, 15) is 8.42 Å². The van der Waals surface area contributed by atoms with Crippen molar-refractivity contribution >= 4 is 10.1 Å². The fraction of sp³-hybridized carbons (Fsp3) is 0. The summed E-state index contributed by atoms with van der Waals surface area (Å²) in [6.45, 7) is 0. The maximum atomic E-state index is 10.1. The zero-order valence-electron chi connectivity index (χ0n) is 3.29. The average molecular weight is 121 g/mol. The van der Waals surface area contributed by atoms with E-state index in [0.717, 1.165) is 5.41 Å². The normalized spacial score (nSPS) is 24.6. The molecule has 0 saturated heterocycles. The van der Waals surface area contributed by atoms with Crippen LogP contribution in [0.4, 0.5) is 0 Å². The second-order valence-corrected chi connectivity index (χ2v) is 2.42. The summed E-state index contributed by atoms with van der Waals surface area (Å²) in [7, 11) is -3.34. The van der Waals surface area contributed by atoms with Crippen LogP contribution in [0.25, 0.3) is 0 Å². The van der Waals surface area contributed by atoms with Crippen LogP contribution in [0.3, 0.4) is 0 Å². The first-order valence-electron chi connectivity index (χ1n) is 1.56. The second-order valence-electron chi connectivity index (χ2n) is 0.997. The molecule has 0 saturated carbocycles. The van der Waals surface area contributed by atoms with Crippen molar-refractivity contribution in [3.05, 3.63) is 11.6 Å². The maximum Gasteiger partial charge on any atom is 0.312 e. The van der Waals surface area contributed by atoms with Crippen LogP contribution in [-0.4, -0.2) is 8.42 Å². The quantitative estimate of drug-likeness (QED) is 0.461. The molecule has 0 spiro atoms. The van der Waals surface area contributed by atoms with Crippen LogP contribution in [0.15, 0.2) is 11.6 Å². The Morgan fingerprint density at radius 2 is 2.29 bits per heavy atom. The number of hydroxylamine groups is 1. The van der Waals surface area contributed by atoms with Crippen molar-refractivity contribution in [2.75, 3.05) is 0 Å². The summed E-state index contributed by atoms with van der Waals surface area (Å²) in [5, 5.41) is 0.938. The Labute approximate surface area is 40.9 Å². The van der Waals surface area contributed by atoms with E-state index >= 15 is 0 Å². The van der Waals surface area contributed by atoms with Gasteiger partial charge in [-0.05, 0) is 0 Å². The molecule has 40 valence electrons. The van der Waals surface area contributed by atoms with Gasteiger partial charge in [-0.25, -0.2) is 0 Å². The summed E-state index contributed by atoms with van der Waals surface area (Å²) >= 11 is 0. The molecule has 1 N–H and O–H groups in total. The Morgan fingerprint density at radius 3 is 2.43 bits per heavy atom. The van der Waals surface area contributed by atoms with Crippen LogP contribution < -0.4 is 5.48 Å². The standard InChI is InChI=1S/C2H3NO3S/c4-7(5)2-1-3-6-7/h1-3H. The highest BCUT2D eigenvalue weighted by Crippen LogP contribution is 1.96. The molecule has 0 fully saturated rings. The zero-order valence-corrected chi connectivity index (χ0v) is 4.10. The van der Waals surface area contributed by atoms with Crippen LogP contribution in [0.5, 0.6) is 0 Å². The van der Waals surface area contributed by atoms with Crippen LogP contribution >= 0.6 is 0 Å². The molecule has 1 aliphatic heterocycles. The first kappa shape index (κ1) is 4.61. The van der Waals surface area contributed by atoms with Crippen molar-refractivity contribution in [1.82, 2.24) is 5.48 Å². The number of hydrogen-bond acceptors (Lipinski definition) is 4. The minimum Gasteiger partial charge on any atom is -0.256 e. The van der Waals surface area contributed by atoms with Crippen LogP contribution in [0.1, 0.15) is 0 Å². The molecule has 7 heavy (non-hydrogen) atoms. The molecule has 0 radical (unpaired) electrons. The number of nitrogens with one attached hydrogen (secondary N) is 1. The molecular weight excluding hydrogens is 118 g/mol. The first-order chi connectivity index (χ1) is 3.21. The summed E-state index contributed by atoms with van der Waals surface area (Å²) in [6.07, 6.45) is 1.20. The summed E-state index contributed by atoms with van der Waals surface area (Å²) in [5.41, 5.74) is 2.04. The van der Waals surface area contributed by atoms with Gasteiger partial charge in [0.2, 0.25) is 0 Å². The van der Waals surface area contributed by atoms with E-state index in [1.54, 1.807) is 0 Å². The fourth-order valence-electron chi connectivity index (χ4n) is 0.234. The molecule has 4 nitrogen and oxygen atoms in total.